The molecule has 86 valence electrons. The Bertz CT molecular complexity index is 230. The van der Waals surface area contributed by atoms with Crippen molar-refractivity contribution < 1.29 is 9.53 Å². The van der Waals surface area contributed by atoms with E-state index in [1.54, 1.807) is 0 Å². The van der Waals surface area contributed by atoms with Crippen LogP contribution in [0.25, 0.3) is 0 Å². The third kappa shape index (κ3) is 2.51. The number of ether oxygens (including phenoxy) is 1. The lowest BCUT2D eigenvalue weighted by atomic mass is 9.99. The average molecular weight is 211 g/mol. The minimum absolute atomic E-state index is 0.0195. The first-order valence-electron chi connectivity index (χ1n) is 6.21. The summed E-state index contributed by atoms with van der Waals surface area (Å²) in [4.78, 5) is 13.8. The van der Waals surface area contributed by atoms with Crippen molar-refractivity contribution in [1.29, 1.82) is 0 Å². The van der Waals surface area contributed by atoms with Gasteiger partial charge in [-0.3, -0.25) is 9.69 Å². The van der Waals surface area contributed by atoms with Gasteiger partial charge in [0.25, 0.3) is 0 Å². The van der Waals surface area contributed by atoms with Crippen molar-refractivity contribution in [2.45, 2.75) is 45.1 Å². The van der Waals surface area contributed by atoms with Gasteiger partial charge in [-0.25, -0.2) is 0 Å². The van der Waals surface area contributed by atoms with Gasteiger partial charge < -0.3 is 4.74 Å². The van der Waals surface area contributed by atoms with Crippen LogP contribution in [0, 0.1) is 5.92 Å². The molecule has 2 aliphatic rings. The van der Waals surface area contributed by atoms with Crippen LogP contribution in [0.1, 0.15) is 39.0 Å². The van der Waals surface area contributed by atoms with Crippen molar-refractivity contribution in [3.63, 3.8) is 0 Å². The maximum Gasteiger partial charge on any atom is 0.305 e. The summed E-state index contributed by atoms with van der Waals surface area (Å²) in [6.45, 7) is 5.13. The first-order chi connectivity index (χ1) is 7.31. The molecule has 2 unspecified atom stereocenters. The predicted octanol–water partition coefficient (Wildman–Crippen LogP) is 1.81. The molecule has 0 saturated carbocycles. The summed E-state index contributed by atoms with van der Waals surface area (Å²) >= 11 is 0. The lowest BCUT2D eigenvalue weighted by Gasteiger charge is -2.19. The second-order valence-corrected chi connectivity index (χ2v) is 4.73. The molecular formula is C12H21NO2. The fourth-order valence-corrected chi connectivity index (χ4v) is 2.86. The van der Waals surface area contributed by atoms with E-state index in [-0.39, 0.29) is 5.97 Å². The molecule has 2 fully saturated rings. The summed E-state index contributed by atoms with van der Waals surface area (Å²) < 4.78 is 5.31. The molecule has 2 rings (SSSR count). The van der Waals surface area contributed by atoms with Gasteiger partial charge in [0.05, 0.1) is 6.61 Å². The number of nitrogens with zero attached hydrogens (tertiary/aromatic N) is 1. The fourth-order valence-electron chi connectivity index (χ4n) is 2.86. The van der Waals surface area contributed by atoms with E-state index in [2.05, 4.69) is 4.90 Å². The van der Waals surface area contributed by atoms with Crippen molar-refractivity contribution in [3.05, 3.63) is 0 Å². The summed E-state index contributed by atoms with van der Waals surface area (Å²) in [5.41, 5.74) is 0. The molecule has 0 aromatic carbocycles. The summed E-state index contributed by atoms with van der Waals surface area (Å²) in [6.07, 6.45) is 5.30. The first-order valence-corrected chi connectivity index (χ1v) is 6.21. The Labute approximate surface area is 91.8 Å². The molecule has 0 aliphatic carbocycles. The monoisotopic (exact) mass is 211 g/mol. The molecule has 3 heteroatoms. The largest absolute Gasteiger partial charge is 0.465 e. The minimum atomic E-state index is -0.0195. The third-order valence-corrected chi connectivity index (χ3v) is 3.66. The van der Waals surface area contributed by atoms with Crippen LogP contribution in [0.2, 0.25) is 0 Å². The molecule has 0 aromatic rings. The van der Waals surface area contributed by atoms with Crippen molar-refractivity contribution in [3.8, 4) is 0 Å². The van der Waals surface area contributed by atoms with Crippen LogP contribution in [0.15, 0.2) is 0 Å². The predicted molar refractivity (Wildman–Crippen MR) is 58.6 cm³/mol. The SMILES string of the molecule is CCCC(=O)OCC1CCN2CCCC12. The highest BCUT2D eigenvalue weighted by Crippen LogP contribution is 2.32. The van der Waals surface area contributed by atoms with E-state index in [0.717, 1.165) is 6.42 Å². The lowest BCUT2D eigenvalue weighted by Crippen LogP contribution is -2.28. The van der Waals surface area contributed by atoms with E-state index in [1.165, 1.54) is 32.4 Å². The normalized spacial score (nSPS) is 30.5. The number of rotatable bonds is 4. The van der Waals surface area contributed by atoms with Gasteiger partial charge in [-0.15, -0.1) is 0 Å². The Morgan fingerprint density at radius 3 is 3.07 bits per heavy atom. The zero-order chi connectivity index (χ0) is 10.7. The van der Waals surface area contributed by atoms with E-state index in [0.29, 0.717) is 25.0 Å². The van der Waals surface area contributed by atoms with Crippen molar-refractivity contribution in [2.75, 3.05) is 19.7 Å². The maximum absolute atomic E-state index is 11.3. The zero-order valence-electron chi connectivity index (χ0n) is 9.58. The summed E-state index contributed by atoms with van der Waals surface area (Å²) in [7, 11) is 0. The van der Waals surface area contributed by atoms with E-state index in [9.17, 15) is 4.79 Å². The maximum atomic E-state index is 11.3. The van der Waals surface area contributed by atoms with Crippen LogP contribution in [-0.2, 0) is 9.53 Å². The van der Waals surface area contributed by atoms with E-state index < -0.39 is 0 Å². The summed E-state index contributed by atoms with van der Waals surface area (Å²) in [6, 6.07) is 0.708. The highest BCUT2D eigenvalue weighted by atomic mass is 16.5. The first kappa shape index (κ1) is 10.9. The molecule has 0 N–H and O–H groups in total. The van der Waals surface area contributed by atoms with Crippen LogP contribution >= 0.6 is 0 Å². The topological polar surface area (TPSA) is 29.5 Å². The molecule has 2 heterocycles. The Morgan fingerprint density at radius 2 is 2.27 bits per heavy atom. The number of carbonyl (C=O) groups excluding carboxylic acids is 1. The summed E-state index contributed by atoms with van der Waals surface area (Å²) in [5, 5.41) is 0. The number of hydrogen-bond donors (Lipinski definition) is 0. The van der Waals surface area contributed by atoms with Gasteiger partial charge in [-0.1, -0.05) is 6.92 Å². The number of carbonyl (C=O) groups is 1. The van der Waals surface area contributed by atoms with E-state index in [4.69, 9.17) is 4.74 Å². The van der Waals surface area contributed by atoms with Crippen LogP contribution in [-0.4, -0.2) is 36.6 Å². The van der Waals surface area contributed by atoms with Gasteiger partial charge in [0.15, 0.2) is 0 Å². The van der Waals surface area contributed by atoms with E-state index in [1.807, 2.05) is 6.92 Å². The molecular weight excluding hydrogens is 190 g/mol. The third-order valence-electron chi connectivity index (χ3n) is 3.66. The molecule has 2 saturated heterocycles. The van der Waals surface area contributed by atoms with Crippen molar-refractivity contribution >= 4 is 5.97 Å². The standard InChI is InChI=1S/C12H21NO2/c1-2-4-12(14)15-9-10-6-8-13-7-3-5-11(10)13/h10-11H,2-9H2,1H3. The molecule has 0 bridgehead atoms. The fraction of sp³-hybridized carbons (Fsp3) is 0.917. The highest BCUT2D eigenvalue weighted by Gasteiger charge is 2.37. The van der Waals surface area contributed by atoms with Crippen molar-refractivity contribution in [2.24, 2.45) is 5.92 Å². The van der Waals surface area contributed by atoms with Crippen LogP contribution in [0.4, 0.5) is 0 Å². The molecule has 15 heavy (non-hydrogen) atoms. The Hall–Kier alpha value is -0.570. The van der Waals surface area contributed by atoms with E-state index >= 15 is 0 Å². The van der Waals surface area contributed by atoms with Gasteiger partial charge in [0.2, 0.25) is 0 Å². The number of esters is 1. The van der Waals surface area contributed by atoms with Gasteiger partial charge >= 0.3 is 5.97 Å². The number of fused-ring (bicyclic) bond motifs is 1. The molecule has 0 amide bonds. The zero-order valence-corrected chi connectivity index (χ0v) is 9.58. The van der Waals surface area contributed by atoms with Crippen LogP contribution in [0.5, 0.6) is 0 Å². The van der Waals surface area contributed by atoms with Gasteiger partial charge in [0.1, 0.15) is 0 Å². The van der Waals surface area contributed by atoms with Gasteiger partial charge in [0, 0.05) is 18.4 Å². The quantitative estimate of drug-likeness (QED) is 0.664. The van der Waals surface area contributed by atoms with Crippen LogP contribution < -0.4 is 0 Å². The second kappa shape index (κ2) is 4.97. The Kier molecular flexibility index (Phi) is 3.62. The van der Waals surface area contributed by atoms with Gasteiger partial charge in [-0.05, 0) is 38.8 Å². The Morgan fingerprint density at radius 1 is 1.40 bits per heavy atom. The summed E-state index contributed by atoms with van der Waals surface area (Å²) in [5.74, 6) is 0.585. The lowest BCUT2D eigenvalue weighted by molar-refractivity contribution is -0.145. The van der Waals surface area contributed by atoms with Crippen LogP contribution in [0.3, 0.4) is 0 Å². The molecule has 2 atom stereocenters. The molecule has 0 radical (unpaired) electrons. The molecule has 3 nitrogen and oxygen atoms in total. The average Bonchev–Trinajstić information content (AvgIpc) is 2.77. The smallest absolute Gasteiger partial charge is 0.305 e. The Balaban J connectivity index is 1.73. The minimum Gasteiger partial charge on any atom is -0.465 e. The number of hydrogen-bond acceptors (Lipinski definition) is 3. The van der Waals surface area contributed by atoms with Crippen molar-refractivity contribution in [1.82, 2.24) is 4.90 Å². The second-order valence-electron chi connectivity index (χ2n) is 4.73. The molecule has 2 aliphatic heterocycles. The molecule has 0 spiro atoms. The van der Waals surface area contributed by atoms with Gasteiger partial charge in [-0.2, -0.15) is 0 Å². The highest BCUT2D eigenvalue weighted by molar-refractivity contribution is 5.69. The molecule has 0 aromatic heterocycles.